The summed E-state index contributed by atoms with van der Waals surface area (Å²) >= 11 is 0. The summed E-state index contributed by atoms with van der Waals surface area (Å²) in [7, 11) is -2.21. The average molecular weight is 183 g/mol. The molecule has 1 rings (SSSR count). The summed E-state index contributed by atoms with van der Waals surface area (Å²) in [5.74, 6) is 0. The fraction of sp³-hybridized carbons (Fsp3) is 0.333. The van der Waals surface area contributed by atoms with E-state index < -0.39 is 7.14 Å². The molecule has 1 aromatic rings. The van der Waals surface area contributed by atoms with Crippen molar-refractivity contribution in [3.63, 3.8) is 0 Å². The van der Waals surface area contributed by atoms with E-state index in [-0.39, 0.29) is 0 Å². The van der Waals surface area contributed by atoms with Gasteiger partial charge >= 0.3 is 0 Å². The second-order valence-electron chi connectivity index (χ2n) is 3.41. The van der Waals surface area contributed by atoms with Gasteiger partial charge in [-0.2, -0.15) is 0 Å². The van der Waals surface area contributed by atoms with Crippen LogP contribution in [0.1, 0.15) is 5.56 Å². The maximum atomic E-state index is 11.7. The number of nitrogens with two attached hydrogens (primary N) is 1. The van der Waals surface area contributed by atoms with Crippen molar-refractivity contribution in [3.8, 4) is 0 Å². The van der Waals surface area contributed by atoms with Gasteiger partial charge in [0.15, 0.2) is 0 Å². The van der Waals surface area contributed by atoms with Gasteiger partial charge in [0.25, 0.3) is 0 Å². The molecule has 0 aliphatic carbocycles. The Morgan fingerprint density at radius 2 is 1.92 bits per heavy atom. The van der Waals surface area contributed by atoms with Crippen LogP contribution in [0.2, 0.25) is 0 Å². The number of benzene rings is 1. The van der Waals surface area contributed by atoms with Crippen molar-refractivity contribution in [1.82, 2.24) is 0 Å². The molecule has 0 fully saturated rings. The Labute approximate surface area is 73.2 Å². The smallest absolute Gasteiger partial charge is 0.111 e. The molecular formula is C9H14NOP. The average Bonchev–Trinajstić information content (AvgIpc) is 1.92. The van der Waals surface area contributed by atoms with Crippen LogP contribution in [0.15, 0.2) is 18.2 Å². The van der Waals surface area contributed by atoms with Crippen LogP contribution in [0.5, 0.6) is 0 Å². The zero-order valence-corrected chi connectivity index (χ0v) is 8.56. The third-order valence-corrected chi connectivity index (χ3v) is 3.31. The number of aryl methyl sites for hydroxylation is 1. The molecule has 0 bridgehead atoms. The number of hydrogen-bond acceptors (Lipinski definition) is 2. The van der Waals surface area contributed by atoms with Crippen LogP contribution >= 0.6 is 7.14 Å². The van der Waals surface area contributed by atoms with E-state index in [0.717, 1.165) is 10.9 Å². The Morgan fingerprint density at radius 1 is 1.33 bits per heavy atom. The fourth-order valence-electron chi connectivity index (χ4n) is 1.12. The monoisotopic (exact) mass is 183 g/mol. The molecule has 0 heterocycles. The van der Waals surface area contributed by atoms with Gasteiger partial charge in [0.2, 0.25) is 0 Å². The lowest BCUT2D eigenvalue weighted by Crippen LogP contribution is -2.09. The molecular weight excluding hydrogens is 169 g/mol. The van der Waals surface area contributed by atoms with Crippen LogP contribution in [0.4, 0.5) is 5.69 Å². The summed E-state index contributed by atoms with van der Waals surface area (Å²) in [6.45, 7) is 5.44. The van der Waals surface area contributed by atoms with E-state index in [9.17, 15) is 4.57 Å². The molecule has 0 saturated heterocycles. The number of rotatable bonds is 1. The van der Waals surface area contributed by atoms with Crippen molar-refractivity contribution in [2.75, 3.05) is 19.1 Å². The first-order chi connectivity index (χ1) is 5.41. The number of nitrogen functional groups attached to an aromatic ring is 1. The zero-order valence-electron chi connectivity index (χ0n) is 7.66. The Hall–Kier alpha value is -0.750. The molecule has 2 N–H and O–H groups in total. The van der Waals surface area contributed by atoms with Gasteiger partial charge in [0.05, 0.1) is 0 Å². The second kappa shape index (κ2) is 2.95. The van der Waals surface area contributed by atoms with Gasteiger partial charge in [-0.3, -0.25) is 0 Å². The lowest BCUT2D eigenvalue weighted by atomic mass is 10.2. The molecule has 1 aromatic carbocycles. The molecule has 0 atom stereocenters. The van der Waals surface area contributed by atoms with Gasteiger partial charge in [0, 0.05) is 11.0 Å². The maximum Gasteiger partial charge on any atom is 0.111 e. The van der Waals surface area contributed by atoms with Crippen molar-refractivity contribution in [2.45, 2.75) is 6.92 Å². The van der Waals surface area contributed by atoms with Crippen molar-refractivity contribution in [1.29, 1.82) is 0 Å². The lowest BCUT2D eigenvalue weighted by Gasteiger charge is -2.10. The van der Waals surface area contributed by atoms with Crippen LogP contribution in [-0.4, -0.2) is 13.3 Å². The highest BCUT2D eigenvalue weighted by Gasteiger charge is 2.13. The predicted octanol–water partition coefficient (Wildman–Crippen LogP) is 1.83. The lowest BCUT2D eigenvalue weighted by molar-refractivity contribution is 0.588. The minimum Gasteiger partial charge on any atom is -0.398 e. The van der Waals surface area contributed by atoms with Crippen LogP contribution in [0.3, 0.4) is 0 Å². The second-order valence-corrected chi connectivity index (χ2v) is 6.60. The third kappa shape index (κ3) is 1.89. The van der Waals surface area contributed by atoms with E-state index in [0.29, 0.717) is 5.69 Å². The molecule has 0 aromatic heterocycles. The zero-order chi connectivity index (χ0) is 9.35. The van der Waals surface area contributed by atoms with Crippen molar-refractivity contribution >= 4 is 18.1 Å². The molecule has 2 nitrogen and oxygen atoms in total. The van der Waals surface area contributed by atoms with Gasteiger partial charge in [0.1, 0.15) is 7.14 Å². The minimum atomic E-state index is -2.21. The summed E-state index contributed by atoms with van der Waals surface area (Å²) < 4.78 is 11.7. The molecule has 12 heavy (non-hydrogen) atoms. The van der Waals surface area contributed by atoms with Crippen molar-refractivity contribution in [3.05, 3.63) is 23.8 Å². The topological polar surface area (TPSA) is 43.1 Å². The van der Waals surface area contributed by atoms with Gasteiger partial charge in [-0.15, -0.1) is 0 Å². The molecule has 0 aliphatic heterocycles. The summed E-state index contributed by atoms with van der Waals surface area (Å²) in [5, 5.41) is 0.794. The first-order valence-corrected chi connectivity index (χ1v) is 6.43. The van der Waals surface area contributed by atoms with E-state index in [1.807, 2.05) is 25.1 Å². The third-order valence-electron chi connectivity index (χ3n) is 1.77. The highest BCUT2D eigenvalue weighted by Crippen LogP contribution is 2.36. The normalized spacial score (nSPS) is 11.6. The van der Waals surface area contributed by atoms with Gasteiger partial charge in [-0.1, -0.05) is 11.6 Å². The molecule has 0 aliphatic rings. The largest absolute Gasteiger partial charge is 0.398 e. The van der Waals surface area contributed by atoms with Crippen molar-refractivity contribution < 1.29 is 4.57 Å². The first-order valence-electron chi connectivity index (χ1n) is 3.83. The maximum absolute atomic E-state index is 11.7. The van der Waals surface area contributed by atoms with Crippen LogP contribution < -0.4 is 11.0 Å². The van der Waals surface area contributed by atoms with E-state index in [1.54, 1.807) is 13.3 Å². The van der Waals surface area contributed by atoms with Crippen LogP contribution in [0.25, 0.3) is 0 Å². The van der Waals surface area contributed by atoms with E-state index in [4.69, 9.17) is 5.73 Å². The Kier molecular flexibility index (Phi) is 2.29. The fourth-order valence-corrected chi connectivity index (χ4v) is 2.33. The molecule has 0 unspecified atom stereocenters. The summed E-state index contributed by atoms with van der Waals surface area (Å²) in [6, 6.07) is 5.63. The molecule has 0 amide bonds. The van der Waals surface area contributed by atoms with Crippen molar-refractivity contribution in [2.24, 2.45) is 0 Å². The molecule has 0 saturated carbocycles. The van der Waals surface area contributed by atoms with E-state index in [1.165, 1.54) is 0 Å². The summed E-state index contributed by atoms with van der Waals surface area (Å²) in [4.78, 5) is 0. The molecule has 3 heteroatoms. The van der Waals surface area contributed by atoms with Gasteiger partial charge in [-0.25, -0.2) is 0 Å². The standard InChI is InChI=1S/C9H14NOP/c1-7-4-5-8(10)9(6-7)12(2,3)11/h4-6H,10H2,1-3H3. The van der Waals surface area contributed by atoms with Gasteiger partial charge in [-0.05, 0) is 32.4 Å². The number of anilines is 1. The highest BCUT2D eigenvalue weighted by molar-refractivity contribution is 7.70. The molecule has 66 valence electrons. The SMILES string of the molecule is Cc1ccc(N)c(P(C)(C)=O)c1. The van der Waals surface area contributed by atoms with E-state index in [2.05, 4.69) is 0 Å². The first kappa shape index (κ1) is 9.34. The van der Waals surface area contributed by atoms with E-state index >= 15 is 0 Å². The summed E-state index contributed by atoms with van der Waals surface area (Å²) in [6.07, 6.45) is 0. The van der Waals surface area contributed by atoms with Crippen LogP contribution in [-0.2, 0) is 4.57 Å². The predicted molar refractivity (Wildman–Crippen MR) is 54.7 cm³/mol. The summed E-state index contributed by atoms with van der Waals surface area (Å²) in [5.41, 5.74) is 7.44. The molecule has 0 radical (unpaired) electrons. The Bertz CT molecular complexity index is 340. The quantitative estimate of drug-likeness (QED) is 0.533. The van der Waals surface area contributed by atoms with Gasteiger partial charge < -0.3 is 10.3 Å². The molecule has 0 spiro atoms. The highest BCUT2D eigenvalue weighted by atomic mass is 31.2. The Balaban J connectivity index is 3.33. The minimum absolute atomic E-state index is 0.633. The Morgan fingerprint density at radius 3 is 2.33 bits per heavy atom. The van der Waals surface area contributed by atoms with Crippen LogP contribution in [0, 0.1) is 6.92 Å². The number of hydrogen-bond donors (Lipinski definition) is 1.